The maximum absolute atomic E-state index is 4.30. The molecule has 0 amide bonds. The molecular weight excluding hydrogens is 222 g/mol. The van der Waals surface area contributed by atoms with Crippen LogP contribution < -0.4 is 5.32 Å². The number of hydrogen-bond acceptors (Lipinski definition) is 2. The van der Waals surface area contributed by atoms with Gasteiger partial charge < -0.3 is 5.32 Å². The van der Waals surface area contributed by atoms with Crippen molar-refractivity contribution in [2.75, 3.05) is 0 Å². The van der Waals surface area contributed by atoms with E-state index in [1.807, 2.05) is 10.9 Å². The largest absolute Gasteiger partial charge is 0.306 e. The molecule has 1 aromatic carbocycles. The van der Waals surface area contributed by atoms with Crippen molar-refractivity contribution in [2.24, 2.45) is 0 Å². The van der Waals surface area contributed by atoms with Crippen LogP contribution in [-0.4, -0.2) is 9.78 Å². The van der Waals surface area contributed by atoms with Crippen LogP contribution in [0.25, 0.3) is 0 Å². The SMILES string of the molecule is CCn1cc(C(C)NCc2ccc(C)cc2)cn1. The average Bonchev–Trinajstić information content (AvgIpc) is 2.86. The summed E-state index contributed by atoms with van der Waals surface area (Å²) in [7, 11) is 0. The van der Waals surface area contributed by atoms with Crippen molar-refractivity contribution in [3.8, 4) is 0 Å². The summed E-state index contributed by atoms with van der Waals surface area (Å²) in [5.41, 5.74) is 3.86. The normalized spacial score (nSPS) is 12.6. The number of hydrogen-bond donors (Lipinski definition) is 1. The summed E-state index contributed by atoms with van der Waals surface area (Å²) in [5.74, 6) is 0. The van der Waals surface area contributed by atoms with Gasteiger partial charge in [0, 0.05) is 30.9 Å². The topological polar surface area (TPSA) is 29.9 Å². The highest BCUT2D eigenvalue weighted by Gasteiger charge is 2.07. The number of aryl methyl sites for hydroxylation is 2. The Kier molecular flexibility index (Phi) is 4.15. The van der Waals surface area contributed by atoms with Gasteiger partial charge in [0.1, 0.15) is 0 Å². The predicted molar refractivity (Wildman–Crippen MR) is 74.3 cm³/mol. The lowest BCUT2D eigenvalue weighted by Gasteiger charge is -2.12. The third kappa shape index (κ3) is 3.20. The van der Waals surface area contributed by atoms with Crippen LogP contribution in [0, 0.1) is 6.92 Å². The Morgan fingerprint density at radius 3 is 2.61 bits per heavy atom. The van der Waals surface area contributed by atoms with E-state index in [2.05, 4.69) is 61.6 Å². The quantitative estimate of drug-likeness (QED) is 0.874. The molecule has 0 saturated heterocycles. The van der Waals surface area contributed by atoms with Crippen LogP contribution in [0.2, 0.25) is 0 Å². The van der Waals surface area contributed by atoms with Gasteiger partial charge in [0.05, 0.1) is 6.20 Å². The number of nitrogens with one attached hydrogen (secondary N) is 1. The molecule has 1 aromatic heterocycles. The zero-order valence-corrected chi connectivity index (χ0v) is 11.4. The molecule has 0 radical (unpaired) electrons. The van der Waals surface area contributed by atoms with E-state index in [0.717, 1.165) is 13.1 Å². The van der Waals surface area contributed by atoms with Gasteiger partial charge in [-0.25, -0.2) is 0 Å². The fourth-order valence-electron chi connectivity index (χ4n) is 1.87. The van der Waals surface area contributed by atoms with Gasteiger partial charge in [0.25, 0.3) is 0 Å². The smallest absolute Gasteiger partial charge is 0.0537 e. The molecule has 2 aromatic rings. The molecule has 0 aliphatic carbocycles. The molecule has 96 valence electrons. The van der Waals surface area contributed by atoms with Crippen LogP contribution in [0.5, 0.6) is 0 Å². The molecule has 0 bridgehead atoms. The summed E-state index contributed by atoms with van der Waals surface area (Å²) in [6.45, 7) is 8.19. The minimum Gasteiger partial charge on any atom is -0.306 e. The monoisotopic (exact) mass is 243 g/mol. The zero-order valence-electron chi connectivity index (χ0n) is 11.4. The fraction of sp³-hybridized carbons (Fsp3) is 0.400. The molecule has 1 N–H and O–H groups in total. The highest BCUT2D eigenvalue weighted by Crippen LogP contribution is 2.12. The molecule has 1 unspecified atom stereocenters. The molecule has 18 heavy (non-hydrogen) atoms. The van der Waals surface area contributed by atoms with E-state index in [-0.39, 0.29) is 0 Å². The molecule has 0 aliphatic heterocycles. The first-order chi connectivity index (χ1) is 8.69. The van der Waals surface area contributed by atoms with Gasteiger partial charge in [0.15, 0.2) is 0 Å². The van der Waals surface area contributed by atoms with Crippen LogP contribution in [0.4, 0.5) is 0 Å². The predicted octanol–water partition coefficient (Wildman–Crippen LogP) is 3.06. The summed E-state index contributed by atoms with van der Waals surface area (Å²) in [6.07, 6.45) is 4.04. The fourth-order valence-corrected chi connectivity index (χ4v) is 1.87. The van der Waals surface area contributed by atoms with Gasteiger partial charge in [-0.3, -0.25) is 4.68 Å². The lowest BCUT2D eigenvalue weighted by atomic mass is 10.1. The second kappa shape index (κ2) is 5.83. The second-order valence-corrected chi connectivity index (χ2v) is 4.72. The Hall–Kier alpha value is -1.61. The van der Waals surface area contributed by atoms with Crippen LogP contribution >= 0.6 is 0 Å². The first kappa shape index (κ1) is 12.8. The van der Waals surface area contributed by atoms with Crippen molar-refractivity contribution in [1.29, 1.82) is 0 Å². The first-order valence-electron chi connectivity index (χ1n) is 6.50. The summed E-state index contributed by atoms with van der Waals surface area (Å²) >= 11 is 0. The van der Waals surface area contributed by atoms with E-state index in [9.17, 15) is 0 Å². The van der Waals surface area contributed by atoms with Crippen LogP contribution in [0.3, 0.4) is 0 Å². The number of nitrogens with zero attached hydrogens (tertiary/aromatic N) is 2. The average molecular weight is 243 g/mol. The van der Waals surface area contributed by atoms with E-state index >= 15 is 0 Å². The van der Waals surface area contributed by atoms with Crippen LogP contribution in [0.15, 0.2) is 36.7 Å². The van der Waals surface area contributed by atoms with Crippen LogP contribution in [0.1, 0.15) is 36.6 Å². The van der Waals surface area contributed by atoms with Crippen molar-refractivity contribution in [3.63, 3.8) is 0 Å². The first-order valence-corrected chi connectivity index (χ1v) is 6.50. The van der Waals surface area contributed by atoms with Gasteiger partial charge >= 0.3 is 0 Å². The zero-order chi connectivity index (χ0) is 13.0. The lowest BCUT2D eigenvalue weighted by molar-refractivity contribution is 0.573. The Morgan fingerprint density at radius 1 is 1.28 bits per heavy atom. The molecule has 1 atom stereocenters. The van der Waals surface area contributed by atoms with Gasteiger partial charge in [-0.05, 0) is 26.3 Å². The van der Waals surface area contributed by atoms with E-state index in [4.69, 9.17) is 0 Å². The molecule has 0 saturated carbocycles. The van der Waals surface area contributed by atoms with E-state index in [1.165, 1.54) is 16.7 Å². The maximum Gasteiger partial charge on any atom is 0.0537 e. The Bertz CT molecular complexity index is 485. The van der Waals surface area contributed by atoms with Crippen molar-refractivity contribution in [2.45, 2.75) is 39.9 Å². The molecule has 3 nitrogen and oxygen atoms in total. The van der Waals surface area contributed by atoms with Gasteiger partial charge in [-0.15, -0.1) is 0 Å². The minimum absolute atomic E-state index is 0.326. The number of aromatic nitrogens is 2. The number of rotatable bonds is 5. The standard InChI is InChI=1S/C15H21N3/c1-4-18-11-15(10-17-18)13(3)16-9-14-7-5-12(2)6-8-14/h5-8,10-11,13,16H,4,9H2,1-3H3. The molecule has 0 spiro atoms. The number of benzene rings is 1. The molecule has 1 heterocycles. The van der Waals surface area contributed by atoms with E-state index in [1.54, 1.807) is 0 Å². The highest BCUT2D eigenvalue weighted by molar-refractivity contribution is 5.21. The Labute approximate surface area is 109 Å². The molecule has 3 heteroatoms. The van der Waals surface area contributed by atoms with Crippen molar-refractivity contribution >= 4 is 0 Å². The Balaban J connectivity index is 1.91. The molecule has 0 aliphatic rings. The highest BCUT2D eigenvalue weighted by atomic mass is 15.3. The third-order valence-electron chi connectivity index (χ3n) is 3.21. The van der Waals surface area contributed by atoms with Crippen molar-refractivity contribution in [3.05, 3.63) is 53.3 Å². The summed E-state index contributed by atoms with van der Waals surface area (Å²) in [6, 6.07) is 8.97. The van der Waals surface area contributed by atoms with E-state index in [0.29, 0.717) is 6.04 Å². The van der Waals surface area contributed by atoms with Crippen molar-refractivity contribution in [1.82, 2.24) is 15.1 Å². The van der Waals surface area contributed by atoms with Gasteiger partial charge in [0.2, 0.25) is 0 Å². The van der Waals surface area contributed by atoms with Crippen molar-refractivity contribution < 1.29 is 0 Å². The molecular formula is C15H21N3. The summed E-state index contributed by atoms with van der Waals surface area (Å²) < 4.78 is 1.96. The lowest BCUT2D eigenvalue weighted by Crippen LogP contribution is -2.17. The van der Waals surface area contributed by atoms with Crippen LogP contribution in [-0.2, 0) is 13.1 Å². The molecule has 0 fully saturated rings. The third-order valence-corrected chi connectivity index (χ3v) is 3.21. The Morgan fingerprint density at radius 2 is 2.00 bits per heavy atom. The van der Waals surface area contributed by atoms with E-state index < -0.39 is 0 Å². The second-order valence-electron chi connectivity index (χ2n) is 4.72. The summed E-state index contributed by atoms with van der Waals surface area (Å²) in [4.78, 5) is 0. The summed E-state index contributed by atoms with van der Waals surface area (Å²) in [5, 5.41) is 7.82. The van der Waals surface area contributed by atoms with Gasteiger partial charge in [-0.1, -0.05) is 29.8 Å². The van der Waals surface area contributed by atoms with Gasteiger partial charge in [-0.2, -0.15) is 5.10 Å². The minimum atomic E-state index is 0.326. The maximum atomic E-state index is 4.30. The molecule has 2 rings (SSSR count).